The van der Waals surface area contributed by atoms with E-state index in [9.17, 15) is 0 Å². The number of nitrogens with zero attached hydrogens (tertiary/aromatic N) is 1. The number of amidine groups is 1. The van der Waals surface area contributed by atoms with Gasteiger partial charge in [0.25, 0.3) is 0 Å². The van der Waals surface area contributed by atoms with E-state index in [4.69, 9.17) is 9.47 Å². The van der Waals surface area contributed by atoms with E-state index in [1.165, 1.54) is 11.1 Å². The molecule has 2 aromatic carbocycles. The summed E-state index contributed by atoms with van der Waals surface area (Å²) >= 11 is 3.55. The first kappa shape index (κ1) is 17.8. The molecule has 0 bridgehead atoms. The predicted molar refractivity (Wildman–Crippen MR) is 105 cm³/mol. The van der Waals surface area contributed by atoms with Gasteiger partial charge in [-0.1, -0.05) is 28.1 Å². The number of ether oxygens (including phenoxy) is 2. The summed E-state index contributed by atoms with van der Waals surface area (Å²) in [5.74, 6) is 2.82. The van der Waals surface area contributed by atoms with Crippen molar-refractivity contribution in [3.05, 3.63) is 57.6 Å². The van der Waals surface area contributed by atoms with Gasteiger partial charge in [-0.25, -0.2) is 0 Å². The van der Waals surface area contributed by atoms with Crippen LogP contribution in [0.25, 0.3) is 0 Å². The van der Waals surface area contributed by atoms with Crippen LogP contribution >= 0.6 is 15.9 Å². The predicted octanol–water partition coefficient (Wildman–Crippen LogP) is 3.99. The summed E-state index contributed by atoms with van der Waals surface area (Å²) in [6.45, 7) is 4.38. The summed E-state index contributed by atoms with van der Waals surface area (Å²) in [5.41, 5.74) is 3.51. The molecule has 0 aliphatic carbocycles. The van der Waals surface area contributed by atoms with Crippen LogP contribution in [-0.2, 0) is 12.8 Å². The number of benzene rings is 2. The molecule has 5 heteroatoms. The Bertz CT molecular complexity index is 774. The fourth-order valence-electron chi connectivity index (χ4n) is 3.12. The minimum atomic E-state index is 0.649. The molecule has 0 atom stereocenters. The van der Waals surface area contributed by atoms with Crippen LogP contribution in [0.4, 0.5) is 0 Å². The topological polar surface area (TPSA) is 42.8 Å². The Kier molecular flexibility index (Phi) is 5.97. The van der Waals surface area contributed by atoms with Crippen molar-refractivity contribution in [1.29, 1.82) is 0 Å². The van der Waals surface area contributed by atoms with Crippen LogP contribution in [0.3, 0.4) is 0 Å². The zero-order valence-corrected chi connectivity index (χ0v) is 16.2. The van der Waals surface area contributed by atoms with Gasteiger partial charge in [-0.3, -0.25) is 4.99 Å². The Morgan fingerprint density at radius 2 is 2.04 bits per heavy atom. The van der Waals surface area contributed by atoms with Gasteiger partial charge in [0.1, 0.15) is 17.3 Å². The molecule has 0 amide bonds. The van der Waals surface area contributed by atoms with Crippen molar-refractivity contribution >= 4 is 21.8 Å². The van der Waals surface area contributed by atoms with Crippen molar-refractivity contribution in [2.75, 3.05) is 26.8 Å². The summed E-state index contributed by atoms with van der Waals surface area (Å²) in [7, 11) is 1.71. The van der Waals surface area contributed by atoms with Crippen LogP contribution in [0.5, 0.6) is 11.5 Å². The monoisotopic (exact) mass is 402 g/mol. The van der Waals surface area contributed by atoms with Gasteiger partial charge in [-0.2, -0.15) is 0 Å². The maximum Gasteiger partial charge on any atom is 0.128 e. The van der Waals surface area contributed by atoms with Crippen LogP contribution in [0, 0.1) is 0 Å². The summed E-state index contributed by atoms with van der Waals surface area (Å²) in [4.78, 5) is 4.59. The zero-order valence-electron chi connectivity index (χ0n) is 14.6. The third kappa shape index (κ3) is 4.15. The first-order valence-corrected chi connectivity index (χ1v) is 9.38. The Hall–Kier alpha value is -2.01. The molecule has 0 radical (unpaired) electrons. The second-order valence-electron chi connectivity index (χ2n) is 5.83. The van der Waals surface area contributed by atoms with Gasteiger partial charge in [0, 0.05) is 22.1 Å². The third-order valence-electron chi connectivity index (χ3n) is 4.25. The van der Waals surface area contributed by atoms with E-state index in [1.54, 1.807) is 7.11 Å². The fraction of sp³-hybridized carbons (Fsp3) is 0.350. The summed E-state index contributed by atoms with van der Waals surface area (Å²) in [6, 6.07) is 12.3. The summed E-state index contributed by atoms with van der Waals surface area (Å²) < 4.78 is 12.4. The molecule has 2 aromatic rings. The highest BCUT2D eigenvalue weighted by Gasteiger charge is 2.17. The van der Waals surface area contributed by atoms with E-state index in [0.29, 0.717) is 6.61 Å². The van der Waals surface area contributed by atoms with Crippen molar-refractivity contribution in [2.24, 2.45) is 4.99 Å². The average Bonchev–Trinajstić information content (AvgIpc) is 3.15. The number of halogens is 1. The largest absolute Gasteiger partial charge is 0.496 e. The van der Waals surface area contributed by atoms with Gasteiger partial charge >= 0.3 is 0 Å². The standard InChI is InChI=1S/C20H23BrN2O2/c1-3-25-19-6-4-5-17(20-22-11-12-23-20)16(19)9-7-14-13-15(21)8-10-18(14)24-2/h4-6,8,10,13H,3,7,9,11-12H2,1-2H3,(H,22,23). The van der Waals surface area contributed by atoms with E-state index in [0.717, 1.165) is 53.3 Å². The molecule has 25 heavy (non-hydrogen) atoms. The Morgan fingerprint density at radius 1 is 1.16 bits per heavy atom. The molecular formula is C20H23BrN2O2. The third-order valence-corrected chi connectivity index (χ3v) is 4.74. The molecule has 0 saturated heterocycles. The van der Waals surface area contributed by atoms with Crippen molar-refractivity contribution < 1.29 is 9.47 Å². The first-order chi connectivity index (χ1) is 12.2. The van der Waals surface area contributed by atoms with E-state index in [1.807, 2.05) is 31.2 Å². The molecule has 4 nitrogen and oxygen atoms in total. The van der Waals surface area contributed by atoms with Crippen molar-refractivity contribution in [2.45, 2.75) is 19.8 Å². The Labute approximate surface area is 157 Å². The van der Waals surface area contributed by atoms with Gasteiger partial charge in [0.05, 0.1) is 20.3 Å². The molecular weight excluding hydrogens is 380 g/mol. The molecule has 1 heterocycles. The fourth-order valence-corrected chi connectivity index (χ4v) is 3.53. The first-order valence-electron chi connectivity index (χ1n) is 8.58. The molecule has 0 unspecified atom stereocenters. The van der Waals surface area contributed by atoms with Gasteiger partial charge in [-0.05, 0) is 49.6 Å². The van der Waals surface area contributed by atoms with Crippen LogP contribution in [0.2, 0.25) is 0 Å². The van der Waals surface area contributed by atoms with Crippen molar-refractivity contribution in [1.82, 2.24) is 5.32 Å². The number of aryl methyl sites for hydroxylation is 1. The lowest BCUT2D eigenvalue weighted by molar-refractivity contribution is 0.336. The van der Waals surface area contributed by atoms with E-state index < -0.39 is 0 Å². The number of methoxy groups -OCH3 is 1. The van der Waals surface area contributed by atoms with Gasteiger partial charge in [-0.15, -0.1) is 0 Å². The molecule has 0 fully saturated rings. The molecule has 1 N–H and O–H groups in total. The molecule has 1 aliphatic heterocycles. The minimum absolute atomic E-state index is 0.649. The van der Waals surface area contributed by atoms with Gasteiger partial charge in [0.2, 0.25) is 0 Å². The molecule has 0 saturated carbocycles. The lowest BCUT2D eigenvalue weighted by Gasteiger charge is -2.16. The number of nitrogens with one attached hydrogen (secondary N) is 1. The molecule has 3 rings (SSSR count). The summed E-state index contributed by atoms with van der Waals surface area (Å²) in [5, 5.41) is 3.37. The number of hydrogen-bond acceptors (Lipinski definition) is 4. The average molecular weight is 403 g/mol. The smallest absolute Gasteiger partial charge is 0.128 e. The number of rotatable bonds is 7. The van der Waals surface area contributed by atoms with Crippen LogP contribution in [0.15, 0.2) is 45.9 Å². The van der Waals surface area contributed by atoms with Crippen LogP contribution in [0.1, 0.15) is 23.6 Å². The van der Waals surface area contributed by atoms with E-state index in [2.05, 4.69) is 38.4 Å². The van der Waals surface area contributed by atoms with E-state index >= 15 is 0 Å². The van der Waals surface area contributed by atoms with Crippen molar-refractivity contribution in [3.8, 4) is 11.5 Å². The van der Waals surface area contributed by atoms with Crippen LogP contribution < -0.4 is 14.8 Å². The lowest BCUT2D eigenvalue weighted by atomic mass is 9.97. The molecule has 1 aliphatic rings. The zero-order chi connectivity index (χ0) is 17.6. The van der Waals surface area contributed by atoms with Gasteiger partial charge in [0.15, 0.2) is 0 Å². The van der Waals surface area contributed by atoms with Gasteiger partial charge < -0.3 is 14.8 Å². The van der Waals surface area contributed by atoms with Crippen LogP contribution in [-0.4, -0.2) is 32.6 Å². The highest BCUT2D eigenvalue weighted by molar-refractivity contribution is 9.10. The molecule has 0 spiro atoms. The minimum Gasteiger partial charge on any atom is -0.496 e. The number of aliphatic imine (C=N–C) groups is 1. The molecule has 132 valence electrons. The SMILES string of the molecule is CCOc1cccc(C2=NCCN2)c1CCc1cc(Br)ccc1OC. The lowest BCUT2D eigenvalue weighted by Crippen LogP contribution is -2.21. The maximum atomic E-state index is 5.88. The highest BCUT2D eigenvalue weighted by Crippen LogP contribution is 2.29. The number of hydrogen-bond donors (Lipinski definition) is 1. The second-order valence-corrected chi connectivity index (χ2v) is 6.74. The highest BCUT2D eigenvalue weighted by atomic mass is 79.9. The molecule has 0 aromatic heterocycles. The second kappa shape index (κ2) is 8.39. The Morgan fingerprint density at radius 3 is 2.76 bits per heavy atom. The Balaban J connectivity index is 1.91. The summed E-state index contributed by atoms with van der Waals surface area (Å²) in [6.07, 6.45) is 1.73. The quantitative estimate of drug-likeness (QED) is 0.760. The maximum absolute atomic E-state index is 5.88. The van der Waals surface area contributed by atoms with Crippen molar-refractivity contribution in [3.63, 3.8) is 0 Å². The normalized spacial score (nSPS) is 13.3. The van der Waals surface area contributed by atoms with E-state index in [-0.39, 0.29) is 0 Å².